The topological polar surface area (TPSA) is 32.3 Å². The largest absolute Gasteiger partial charge is 0.311 e. The summed E-state index contributed by atoms with van der Waals surface area (Å²) in [6.07, 6.45) is 0.960. The molecule has 1 N–H and O–H groups in total. The molecule has 0 aliphatic carbocycles. The number of likely N-dealkylation sites (N-methyl/N-ethyl adjacent to an activating group) is 1. The van der Waals surface area contributed by atoms with Crippen LogP contribution < -0.4 is 10.2 Å². The summed E-state index contributed by atoms with van der Waals surface area (Å²) >= 11 is 0. The minimum Gasteiger partial charge on any atom is -0.311 e. The normalized spacial score (nSPS) is 18.2. The lowest BCUT2D eigenvalue weighted by molar-refractivity contribution is -0.122. The third-order valence-electron chi connectivity index (χ3n) is 2.77. The minimum atomic E-state index is 0. The van der Waals surface area contributed by atoms with Crippen molar-refractivity contribution in [1.82, 2.24) is 5.32 Å². The SMILES string of the molecule is CCN(C(=O)[C@H]1CCN1)c1ccccc1.Cl. The molecule has 1 amide bonds. The van der Waals surface area contributed by atoms with E-state index in [2.05, 4.69) is 5.32 Å². The maximum atomic E-state index is 12.0. The predicted molar refractivity (Wildman–Crippen MR) is 68.1 cm³/mol. The summed E-state index contributed by atoms with van der Waals surface area (Å²) in [5.41, 5.74) is 0.985. The molecule has 1 aliphatic heterocycles. The Hall–Kier alpha value is -1.06. The zero-order valence-electron chi connectivity index (χ0n) is 9.35. The zero-order valence-corrected chi connectivity index (χ0v) is 10.2. The number of hydrogen-bond donors (Lipinski definition) is 1. The van der Waals surface area contributed by atoms with Gasteiger partial charge < -0.3 is 10.2 Å². The van der Waals surface area contributed by atoms with Gasteiger partial charge in [0.2, 0.25) is 5.91 Å². The molecule has 4 heteroatoms. The second-order valence-corrected chi connectivity index (χ2v) is 3.71. The summed E-state index contributed by atoms with van der Waals surface area (Å²) in [5, 5.41) is 3.14. The first-order chi connectivity index (χ1) is 7.33. The molecule has 0 saturated carbocycles. The van der Waals surface area contributed by atoms with E-state index in [1.807, 2.05) is 42.2 Å². The zero-order chi connectivity index (χ0) is 10.7. The number of anilines is 1. The number of hydrogen-bond acceptors (Lipinski definition) is 2. The van der Waals surface area contributed by atoms with Crippen LogP contribution in [0, 0.1) is 0 Å². The van der Waals surface area contributed by atoms with Crippen molar-refractivity contribution in [2.75, 3.05) is 18.0 Å². The molecule has 3 nitrogen and oxygen atoms in total. The van der Waals surface area contributed by atoms with Crippen LogP contribution in [-0.2, 0) is 4.79 Å². The Morgan fingerprint density at radius 1 is 1.44 bits per heavy atom. The number of benzene rings is 1. The standard InChI is InChI=1S/C12H16N2O.ClH/c1-2-14(10-6-4-3-5-7-10)12(15)11-8-9-13-11;/h3-7,11,13H,2,8-9H2,1H3;1H/t11-;/m1./s1. The quantitative estimate of drug-likeness (QED) is 0.874. The molecule has 0 bridgehead atoms. The Labute approximate surface area is 102 Å². The lowest BCUT2D eigenvalue weighted by Gasteiger charge is -2.32. The number of rotatable bonds is 3. The highest BCUT2D eigenvalue weighted by atomic mass is 35.5. The van der Waals surface area contributed by atoms with E-state index in [0.29, 0.717) is 0 Å². The van der Waals surface area contributed by atoms with Gasteiger partial charge in [0, 0.05) is 12.2 Å². The summed E-state index contributed by atoms with van der Waals surface area (Å²) < 4.78 is 0. The highest BCUT2D eigenvalue weighted by molar-refractivity contribution is 5.97. The second-order valence-electron chi connectivity index (χ2n) is 3.71. The first kappa shape index (κ1) is 13.0. The van der Waals surface area contributed by atoms with Crippen LogP contribution in [0.1, 0.15) is 13.3 Å². The fraction of sp³-hybridized carbons (Fsp3) is 0.417. The molecule has 1 aromatic carbocycles. The number of halogens is 1. The summed E-state index contributed by atoms with van der Waals surface area (Å²) in [7, 11) is 0. The van der Waals surface area contributed by atoms with Crippen LogP contribution in [0.15, 0.2) is 30.3 Å². The number of nitrogens with one attached hydrogen (secondary N) is 1. The van der Waals surface area contributed by atoms with Gasteiger partial charge in [0.15, 0.2) is 0 Å². The Bertz CT molecular complexity index is 338. The van der Waals surface area contributed by atoms with E-state index in [0.717, 1.165) is 25.2 Å². The van der Waals surface area contributed by atoms with Gasteiger partial charge in [-0.25, -0.2) is 0 Å². The molecule has 0 spiro atoms. The Kier molecular flexibility index (Phi) is 4.77. The first-order valence-electron chi connectivity index (χ1n) is 5.42. The van der Waals surface area contributed by atoms with Crippen LogP contribution in [-0.4, -0.2) is 25.0 Å². The molecule has 16 heavy (non-hydrogen) atoms. The van der Waals surface area contributed by atoms with Gasteiger partial charge in [-0.3, -0.25) is 4.79 Å². The molecule has 1 aromatic rings. The van der Waals surface area contributed by atoms with Crippen LogP contribution in [0.3, 0.4) is 0 Å². The number of para-hydroxylation sites is 1. The number of amides is 1. The lowest BCUT2D eigenvalue weighted by Crippen LogP contribution is -2.54. The Morgan fingerprint density at radius 3 is 2.50 bits per heavy atom. The maximum Gasteiger partial charge on any atom is 0.244 e. The summed E-state index contributed by atoms with van der Waals surface area (Å²) in [4.78, 5) is 13.9. The molecule has 1 fully saturated rings. The number of carbonyl (C=O) groups is 1. The van der Waals surface area contributed by atoms with E-state index in [9.17, 15) is 4.79 Å². The van der Waals surface area contributed by atoms with Gasteiger partial charge in [-0.2, -0.15) is 0 Å². The van der Waals surface area contributed by atoms with E-state index in [1.165, 1.54) is 0 Å². The Morgan fingerprint density at radius 2 is 2.06 bits per heavy atom. The van der Waals surface area contributed by atoms with Crippen molar-refractivity contribution in [2.45, 2.75) is 19.4 Å². The van der Waals surface area contributed by atoms with E-state index >= 15 is 0 Å². The van der Waals surface area contributed by atoms with Crippen molar-refractivity contribution in [1.29, 1.82) is 0 Å². The molecule has 2 rings (SSSR count). The molecular weight excluding hydrogens is 224 g/mol. The molecule has 1 saturated heterocycles. The van der Waals surface area contributed by atoms with Crippen LogP contribution in [0.2, 0.25) is 0 Å². The monoisotopic (exact) mass is 240 g/mol. The minimum absolute atomic E-state index is 0. The smallest absolute Gasteiger partial charge is 0.244 e. The van der Waals surface area contributed by atoms with Crippen molar-refractivity contribution in [3.8, 4) is 0 Å². The third kappa shape index (κ3) is 2.54. The van der Waals surface area contributed by atoms with Crippen LogP contribution in [0.5, 0.6) is 0 Å². The van der Waals surface area contributed by atoms with Crippen molar-refractivity contribution in [2.24, 2.45) is 0 Å². The van der Waals surface area contributed by atoms with Gasteiger partial charge >= 0.3 is 0 Å². The first-order valence-corrected chi connectivity index (χ1v) is 5.42. The predicted octanol–water partition coefficient (Wildman–Crippen LogP) is 1.82. The maximum absolute atomic E-state index is 12.0. The molecule has 0 aromatic heterocycles. The third-order valence-corrected chi connectivity index (χ3v) is 2.77. The van der Waals surface area contributed by atoms with Gasteiger partial charge in [0.25, 0.3) is 0 Å². The fourth-order valence-corrected chi connectivity index (χ4v) is 1.76. The van der Waals surface area contributed by atoms with E-state index in [1.54, 1.807) is 0 Å². The van der Waals surface area contributed by atoms with Crippen LogP contribution in [0.4, 0.5) is 5.69 Å². The molecule has 1 atom stereocenters. The van der Waals surface area contributed by atoms with Crippen molar-refractivity contribution in [3.63, 3.8) is 0 Å². The molecule has 1 aliphatic rings. The summed E-state index contributed by atoms with van der Waals surface area (Å²) in [5.74, 6) is 0.190. The van der Waals surface area contributed by atoms with Crippen LogP contribution >= 0.6 is 12.4 Å². The van der Waals surface area contributed by atoms with Gasteiger partial charge in [-0.05, 0) is 32.0 Å². The number of carbonyl (C=O) groups excluding carboxylic acids is 1. The van der Waals surface area contributed by atoms with E-state index in [-0.39, 0.29) is 24.4 Å². The molecular formula is C12H17ClN2O. The van der Waals surface area contributed by atoms with E-state index in [4.69, 9.17) is 0 Å². The molecule has 88 valence electrons. The Balaban J connectivity index is 0.00000128. The average Bonchev–Trinajstić information content (AvgIpc) is 2.18. The van der Waals surface area contributed by atoms with Crippen molar-refractivity contribution >= 4 is 24.0 Å². The summed E-state index contributed by atoms with van der Waals surface area (Å²) in [6.45, 7) is 3.69. The average molecular weight is 241 g/mol. The van der Waals surface area contributed by atoms with Gasteiger partial charge in [-0.1, -0.05) is 18.2 Å². The highest BCUT2D eigenvalue weighted by Gasteiger charge is 2.28. The highest BCUT2D eigenvalue weighted by Crippen LogP contribution is 2.16. The lowest BCUT2D eigenvalue weighted by atomic mass is 10.1. The van der Waals surface area contributed by atoms with Gasteiger partial charge in [0.1, 0.15) is 0 Å². The number of nitrogens with zero attached hydrogens (tertiary/aromatic N) is 1. The summed E-state index contributed by atoms with van der Waals surface area (Å²) in [6, 6.07) is 9.85. The fourth-order valence-electron chi connectivity index (χ4n) is 1.76. The van der Waals surface area contributed by atoms with E-state index < -0.39 is 0 Å². The molecule has 1 heterocycles. The second kappa shape index (κ2) is 5.87. The molecule has 0 radical (unpaired) electrons. The van der Waals surface area contributed by atoms with Crippen molar-refractivity contribution in [3.05, 3.63) is 30.3 Å². The van der Waals surface area contributed by atoms with Gasteiger partial charge in [-0.15, -0.1) is 12.4 Å². The van der Waals surface area contributed by atoms with Crippen molar-refractivity contribution < 1.29 is 4.79 Å². The molecule has 0 unspecified atom stereocenters. The van der Waals surface area contributed by atoms with Crippen LogP contribution in [0.25, 0.3) is 0 Å². The van der Waals surface area contributed by atoms with Gasteiger partial charge in [0.05, 0.1) is 6.04 Å².